The van der Waals surface area contributed by atoms with Gasteiger partial charge in [0, 0.05) is 11.2 Å². The molecule has 7 N–H and O–H groups in total. The van der Waals surface area contributed by atoms with Gasteiger partial charge < -0.3 is 27.4 Å². The van der Waals surface area contributed by atoms with E-state index in [-0.39, 0.29) is 27.6 Å². The summed E-state index contributed by atoms with van der Waals surface area (Å²) in [5.74, 6) is -0.0325. The molecule has 1 saturated carbocycles. The van der Waals surface area contributed by atoms with Crippen molar-refractivity contribution in [1.29, 1.82) is 0 Å². The van der Waals surface area contributed by atoms with Crippen LogP contribution in [0.5, 0.6) is 0 Å². The molecule has 0 atom stereocenters. The number of nitrogens with one attached hydrogen (secondary N) is 3. The van der Waals surface area contributed by atoms with E-state index in [4.69, 9.17) is 11.5 Å². The number of guanidine groups is 1. The molecule has 1 fully saturated rings. The van der Waals surface area contributed by atoms with E-state index in [1.165, 1.54) is 18.6 Å². The van der Waals surface area contributed by atoms with E-state index < -0.39 is 15.7 Å². The average molecular weight is 447 g/mol. The first-order valence-corrected chi connectivity index (χ1v) is 12.0. The number of carbonyl (C=O) groups is 1. The quantitative estimate of drug-likeness (QED) is 0.423. The molecule has 0 saturated heterocycles. The third-order valence-electron chi connectivity index (χ3n) is 5.55. The summed E-state index contributed by atoms with van der Waals surface area (Å²) >= 11 is 0. The molecule has 2 aliphatic rings. The van der Waals surface area contributed by atoms with Crippen molar-refractivity contribution in [2.24, 2.45) is 16.5 Å². The minimum atomic E-state index is -3.38. The lowest BCUT2D eigenvalue weighted by Gasteiger charge is -2.32. The van der Waals surface area contributed by atoms with Gasteiger partial charge in [0.1, 0.15) is 11.4 Å². The van der Waals surface area contributed by atoms with E-state index in [0.717, 1.165) is 25.7 Å². The third-order valence-corrected chi connectivity index (χ3v) is 7.29. The number of carbonyl (C=O) groups excluding carboxylic acids is 1. The molecular weight excluding hydrogens is 416 g/mol. The van der Waals surface area contributed by atoms with E-state index in [1.54, 1.807) is 19.1 Å². The number of sulfone groups is 1. The molecule has 1 aliphatic heterocycles. The standard InChI is InChI=1S/C21H30N6O3S/c1-3-31(29,30)16-9-7-8-15(12-16)26-19-17(18(22)28)14(2)25-20(27-19)24-13-21(23)10-5-4-6-11-21/h7-9,12,26H,2-6,10-11,13,23H2,1H3,(H2,22,28)(H2,24,25,27). The van der Waals surface area contributed by atoms with Crippen LogP contribution in [0.25, 0.3) is 0 Å². The highest BCUT2D eigenvalue weighted by molar-refractivity contribution is 7.91. The van der Waals surface area contributed by atoms with Crippen molar-refractivity contribution < 1.29 is 13.2 Å². The summed E-state index contributed by atoms with van der Waals surface area (Å²) in [6.07, 6.45) is 5.19. The molecule has 0 bridgehead atoms. The molecule has 0 unspecified atom stereocenters. The molecule has 0 spiro atoms. The van der Waals surface area contributed by atoms with Crippen LogP contribution in [0, 0.1) is 0 Å². The van der Waals surface area contributed by atoms with Crippen LogP contribution in [0.4, 0.5) is 5.69 Å². The lowest BCUT2D eigenvalue weighted by Crippen LogP contribution is -2.49. The number of aliphatic imine (C=N–C) groups is 1. The minimum Gasteiger partial charge on any atom is -0.365 e. The molecule has 1 amide bonds. The van der Waals surface area contributed by atoms with Crippen molar-refractivity contribution in [1.82, 2.24) is 10.6 Å². The Balaban J connectivity index is 1.86. The van der Waals surface area contributed by atoms with E-state index in [0.29, 0.717) is 23.9 Å². The lowest BCUT2D eigenvalue weighted by molar-refractivity contribution is -0.114. The molecule has 1 aromatic rings. The zero-order valence-electron chi connectivity index (χ0n) is 17.7. The Labute approximate surface area is 183 Å². The van der Waals surface area contributed by atoms with Crippen LogP contribution in [-0.2, 0) is 14.6 Å². The van der Waals surface area contributed by atoms with E-state index in [9.17, 15) is 13.2 Å². The van der Waals surface area contributed by atoms with Crippen molar-refractivity contribution in [2.45, 2.75) is 49.5 Å². The molecule has 1 heterocycles. The minimum absolute atomic E-state index is 0.0116. The predicted octanol–water partition coefficient (Wildman–Crippen LogP) is 1.31. The second kappa shape index (κ2) is 9.11. The number of anilines is 1. The van der Waals surface area contributed by atoms with Crippen molar-refractivity contribution >= 4 is 27.4 Å². The smallest absolute Gasteiger partial charge is 0.254 e. The highest BCUT2D eigenvalue weighted by atomic mass is 32.2. The van der Waals surface area contributed by atoms with Gasteiger partial charge in [-0.2, -0.15) is 0 Å². The molecule has 0 aromatic heterocycles. The monoisotopic (exact) mass is 446 g/mol. The molecule has 0 radical (unpaired) electrons. The Morgan fingerprint density at radius 1 is 1.26 bits per heavy atom. The highest BCUT2D eigenvalue weighted by Gasteiger charge is 2.29. The fraction of sp³-hybridized carbons (Fsp3) is 0.429. The topological polar surface area (TPSA) is 152 Å². The SMILES string of the molecule is C=C1NC(=NCC2(N)CCCCC2)NC(Nc2cccc(S(=O)(=O)CC)c2)=C1C(N)=O. The zero-order chi connectivity index (χ0) is 22.6. The van der Waals surface area contributed by atoms with Gasteiger partial charge in [-0.25, -0.2) is 8.42 Å². The van der Waals surface area contributed by atoms with Gasteiger partial charge in [-0.15, -0.1) is 0 Å². The second-order valence-corrected chi connectivity index (χ2v) is 10.3. The lowest BCUT2D eigenvalue weighted by atomic mass is 9.83. The van der Waals surface area contributed by atoms with Crippen LogP contribution >= 0.6 is 0 Å². The highest BCUT2D eigenvalue weighted by Crippen LogP contribution is 2.26. The molecule has 9 nitrogen and oxygen atoms in total. The fourth-order valence-corrected chi connectivity index (χ4v) is 4.67. The molecule has 10 heteroatoms. The van der Waals surface area contributed by atoms with E-state index in [1.807, 2.05) is 0 Å². The predicted molar refractivity (Wildman–Crippen MR) is 122 cm³/mol. The average Bonchev–Trinajstić information content (AvgIpc) is 2.72. The van der Waals surface area contributed by atoms with Gasteiger partial charge >= 0.3 is 0 Å². The van der Waals surface area contributed by atoms with Gasteiger partial charge in [0.15, 0.2) is 9.84 Å². The maximum Gasteiger partial charge on any atom is 0.254 e. The number of nitrogens with two attached hydrogens (primary N) is 2. The number of amides is 1. The van der Waals surface area contributed by atoms with Crippen LogP contribution in [0.1, 0.15) is 39.0 Å². The summed E-state index contributed by atoms with van der Waals surface area (Å²) in [5.41, 5.74) is 12.6. The number of benzene rings is 1. The first-order valence-electron chi connectivity index (χ1n) is 10.3. The second-order valence-electron chi connectivity index (χ2n) is 7.99. The summed E-state index contributed by atoms with van der Waals surface area (Å²) in [5, 5.41) is 9.04. The van der Waals surface area contributed by atoms with Crippen molar-refractivity contribution in [3.63, 3.8) is 0 Å². The maximum absolute atomic E-state index is 12.2. The van der Waals surface area contributed by atoms with E-state index >= 15 is 0 Å². The Bertz CT molecular complexity index is 1040. The van der Waals surface area contributed by atoms with Crippen molar-refractivity contribution in [3.8, 4) is 0 Å². The zero-order valence-corrected chi connectivity index (χ0v) is 18.5. The molecule has 31 heavy (non-hydrogen) atoms. The largest absolute Gasteiger partial charge is 0.365 e. The first kappa shape index (κ1) is 22.8. The molecule has 1 aromatic carbocycles. The first-order chi connectivity index (χ1) is 14.6. The van der Waals surface area contributed by atoms with Crippen LogP contribution in [0.15, 0.2) is 57.8 Å². The third kappa shape index (κ3) is 5.45. The summed E-state index contributed by atoms with van der Waals surface area (Å²) < 4.78 is 24.4. The summed E-state index contributed by atoms with van der Waals surface area (Å²) in [6.45, 7) is 5.90. The Hall–Kier alpha value is -2.85. The molecule has 1 aliphatic carbocycles. The van der Waals surface area contributed by atoms with Gasteiger partial charge in [-0.3, -0.25) is 9.79 Å². The molecular formula is C21H30N6O3S. The number of nitrogens with zero attached hydrogens (tertiary/aromatic N) is 1. The van der Waals surface area contributed by atoms with Gasteiger partial charge in [0.25, 0.3) is 5.91 Å². The normalized spacial score (nSPS) is 20.2. The van der Waals surface area contributed by atoms with Gasteiger partial charge in [-0.05, 0) is 31.0 Å². The Morgan fingerprint density at radius 3 is 2.61 bits per heavy atom. The number of hydrogen-bond donors (Lipinski definition) is 5. The van der Waals surface area contributed by atoms with E-state index in [2.05, 4.69) is 27.5 Å². The van der Waals surface area contributed by atoms with Gasteiger partial charge in [-0.1, -0.05) is 38.8 Å². The fourth-order valence-electron chi connectivity index (χ4n) is 3.74. The van der Waals surface area contributed by atoms with Gasteiger partial charge in [0.2, 0.25) is 5.96 Å². The summed E-state index contributed by atoms with van der Waals surface area (Å²) in [4.78, 5) is 16.8. The summed E-state index contributed by atoms with van der Waals surface area (Å²) in [7, 11) is -3.38. The van der Waals surface area contributed by atoms with Gasteiger partial charge in [0.05, 0.1) is 22.9 Å². The van der Waals surface area contributed by atoms with Crippen molar-refractivity contribution in [2.75, 3.05) is 17.6 Å². The molecule has 168 valence electrons. The van der Waals surface area contributed by atoms with Crippen LogP contribution < -0.4 is 27.4 Å². The molecule has 3 rings (SSSR count). The summed E-state index contributed by atoms with van der Waals surface area (Å²) in [6, 6.07) is 6.35. The van der Waals surface area contributed by atoms with Crippen LogP contribution in [0.3, 0.4) is 0 Å². The number of hydrogen-bond acceptors (Lipinski definition) is 6. The van der Waals surface area contributed by atoms with Crippen molar-refractivity contribution in [3.05, 3.63) is 47.9 Å². The Morgan fingerprint density at radius 2 is 1.97 bits per heavy atom. The van der Waals surface area contributed by atoms with Crippen LogP contribution in [-0.4, -0.2) is 38.1 Å². The Kier molecular flexibility index (Phi) is 6.71. The maximum atomic E-state index is 12.2. The van der Waals surface area contributed by atoms with Crippen LogP contribution in [0.2, 0.25) is 0 Å². The number of primary amides is 1. The number of rotatable bonds is 7.